The van der Waals surface area contributed by atoms with Crippen molar-refractivity contribution in [1.29, 1.82) is 0 Å². The largest absolute Gasteiger partial charge is 0.508 e. The molecule has 0 aliphatic rings. The summed E-state index contributed by atoms with van der Waals surface area (Å²) < 4.78 is 0. The number of nitrogens with zero attached hydrogens (tertiary/aromatic N) is 2. The van der Waals surface area contributed by atoms with Crippen LogP contribution in [0.5, 0.6) is 5.75 Å². The smallest absolute Gasteiger partial charge is 0.254 e. The van der Waals surface area contributed by atoms with Gasteiger partial charge in [0.15, 0.2) is 5.84 Å². The Bertz CT molecular complexity index is 457. The van der Waals surface area contributed by atoms with Crippen molar-refractivity contribution in [3.63, 3.8) is 0 Å². The molecule has 1 aromatic rings. The lowest BCUT2D eigenvalue weighted by Crippen LogP contribution is -2.35. The highest BCUT2D eigenvalue weighted by atomic mass is 16.4. The number of likely N-dealkylation sites (N-methyl/N-ethyl adjacent to an activating group) is 1. The van der Waals surface area contributed by atoms with Crippen LogP contribution in [0.25, 0.3) is 0 Å². The number of carbonyl (C=O) groups is 1. The van der Waals surface area contributed by atoms with Crippen molar-refractivity contribution in [2.75, 3.05) is 13.6 Å². The molecular formula is C11H15N3O3. The number of oxime groups is 1. The van der Waals surface area contributed by atoms with Crippen LogP contribution in [0.3, 0.4) is 0 Å². The summed E-state index contributed by atoms with van der Waals surface area (Å²) in [6.07, 6.45) is 0. The van der Waals surface area contributed by atoms with Gasteiger partial charge in [-0.1, -0.05) is 5.16 Å². The number of amides is 1. The maximum atomic E-state index is 11.9. The summed E-state index contributed by atoms with van der Waals surface area (Å²) in [6.45, 7) is 1.74. The predicted molar refractivity (Wildman–Crippen MR) is 63.2 cm³/mol. The highest BCUT2D eigenvalue weighted by molar-refractivity contribution is 5.97. The Morgan fingerprint density at radius 3 is 2.71 bits per heavy atom. The zero-order valence-electron chi connectivity index (χ0n) is 9.71. The fourth-order valence-electron chi connectivity index (χ4n) is 1.36. The molecule has 1 aromatic carbocycles. The molecule has 0 atom stereocenters. The van der Waals surface area contributed by atoms with Gasteiger partial charge in [-0.15, -0.1) is 0 Å². The molecule has 0 radical (unpaired) electrons. The first-order valence-corrected chi connectivity index (χ1v) is 4.97. The van der Waals surface area contributed by atoms with Gasteiger partial charge in [0.05, 0.1) is 6.54 Å². The number of aromatic hydroxyl groups is 1. The molecule has 0 fully saturated rings. The van der Waals surface area contributed by atoms with Crippen molar-refractivity contribution in [1.82, 2.24) is 4.90 Å². The van der Waals surface area contributed by atoms with E-state index in [1.807, 2.05) is 0 Å². The maximum Gasteiger partial charge on any atom is 0.254 e. The van der Waals surface area contributed by atoms with Gasteiger partial charge in [-0.05, 0) is 30.7 Å². The summed E-state index contributed by atoms with van der Waals surface area (Å²) >= 11 is 0. The van der Waals surface area contributed by atoms with Gasteiger partial charge < -0.3 is 20.9 Å². The minimum absolute atomic E-state index is 0.0370. The van der Waals surface area contributed by atoms with Crippen molar-refractivity contribution >= 4 is 11.7 Å². The number of nitrogens with two attached hydrogens (primary N) is 1. The fourth-order valence-corrected chi connectivity index (χ4v) is 1.36. The van der Waals surface area contributed by atoms with E-state index in [0.717, 1.165) is 0 Å². The van der Waals surface area contributed by atoms with Gasteiger partial charge >= 0.3 is 0 Å². The van der Waals surface area contributed by atoms with Crippen LogP contribution in [0, 0.1) is 6.92 Å². The maximum absolute atomic E-state index is 11.9. The van der Waals surface area contributed by atoms with E-state index in [0.29, 0.717) is 11.1 Å². The first kappa shape index (κ1) is 12.8. The molecule has 0 heterocycles. The van der Waals surface area contributed by atoms with E-state index in [2.05, 4.69) is 5.16 Å². The SMILES string of the molecule is Cc1cc(C(=O)N(C)C/C(N)=N/O)ccc1O. The van der Waals surface area contributed by atoms with Gasteiger partial charge in [0, 0.05) is 12.6 Å². The van der Waals surface area contributed by atoms with E-state index < -0.39 is 0 Å². The topological polar surface area (TPSA) is 99.2 Å². The first-order valence-electron chi connectivity index (χ1n) is 4.97. The van der Waals surface area contributed by atoms with Crippen molar-refractivity contribution in [3.05, 3.63) is 29.3 Å². The van der Waals surface area contributed by atoms with Crippen LogP contribution in [0.15, 0.2) is 23.4 Å². The highest BCUT2D eigenvalue weighted by Gasteiger charge is 2.13. The van der Waals surface area contributed by atoms with Crippen molar-refractivity contribution in [3.8, 4) is 5.75 Å². The number of aryl methyl sites for hydroxylation is 1. The van der Waals surface area contributed by atoms with Crippen molar-refractivity contribution < 1.29 is 15.1 Å². The Hall–Kier alpha value is -2.24. The lowest BCUT2D eigenvalue weighted by molar-refractivity contribution is 0.0813. The second-order valence-electron chi connectivity index (χ2n) is 3.75. The second-order valence-corrected chi connectivity index (χ2v) is 3.75. The van der Waals surface area contributed by atoms with Crippen LogP contribution in [0.1, 0.15) is 15.9 Å². The first-order chi connectivity index (χ1) is 7.95. The third kappa shape index (κ3) is 3.10. The monoisotopic (exact) mass is 237 g/mol. The normalized spacial score (nSPS) is 11.3. The molecular weight excluding hydrogens is 222 g/mol. The molecule has 92 valence electrons. The van der Waals surface area contributed by atoms with E-state index >= 15 is 0 Å². The number of hydrogen-bond donors (Lipinski definition) is 3. The van der Waals surface area contributed by atoms with E-state index in [1.54, 1.807) is 20.0 Å². The summed E-state index contributed by atoms with van der Waals surface area (Å²) in [5, 5.41) is 20.6. The van der Waals surface area contributed by atoms with Gasteiger partial charge in [0.25, 0.3) is 5.91 Å². The summed E-state index contributed by atoms with van der Waals surface area (Å²) in [4.78, 5) is 13.2. The second kappa shape index (κ2) is 5.20. The molecule has 4 N–H and O–H groups in total. The summed E-state index contributed by atoms with van der Waals surface area (Å²) in [6, 6.07) is 4.56. The molecule has 6 heteroatoms. The molecule has 0 aliphatic carbocycles. The van der Waals surface area contributed by atoms with Crippen LogP contribution in [-0.2, 0) is 0 Å². The number of hydrogen-bond acceptors (Lipinski definition) is 4. The van der Waals surface area contributed by atoms with Gasteiger partial charge in [-0.3, -0.25) is 4.79 Å². The molecule has 6 nitrogen and oxygen atoms in total. The fraction of sp³-hybridized carbons (Fsp3) is 0.273. The summed E-state index contributed by atoms with van der Waals surface area (Å²) in [5.74, 6) is -0.170. The molecule has 0 saturated carbocycles. The zero-order valence-corrected chi connectivity index (χ0v) is 9.71. The van der Waals surface area contributed by atoms with E-state index in [1.165, 1.54) is 17.0 Å². The molecule has 1 amide bonds. The predicted octanol–water partition coefficient (Wildman–Crippen LogP) is 0.519. The van der Waals surface area contributed by atoms with Crippen molar-refractivity contribution in [2.45, 2.75) is 6.92 Å². The van der Waals surface area contributed by atoms with Gasteiger partial charge in [0.2, 0.25) is 0 Å². The average molecular weight is 237 g/mol. The highest BCUT2D eigenvalue weighted by Crippen LogP contribution is 2.17. The third-order valence-corrected chi connectivity index (χ3v) is 2.32. The van der Waals surface area contributed by atoms with Gasteiger partial charge in [0.1, 0.15) is 5.75 Å². The zero-order chi connectivity index (χ0) is 13.0. The van der Waals surface area contributed by atoms with E-state index in [-0.39, 0.29) is 24.0 Å². The molecule has 17 heavy (non-hydrogen) atoms. The van der Waals surface area contributed by atoms with E-state index in [4.69, 9.17) is 10.9 Å². The number of phenolic OH excluding ortho intramolecular Hbond substituents is 1. The van der Waals surface area contributed by atoms with Gasteiger partial charge in [-0.2, -0.15) is 0 Å². The number of rotatable bonds is 3. The van der Waals surface area contributed by atoms with Crippen LogP contribution in [-0.4, -0.2) is 40.5 Å². The molecule has 0 saturated heterocycles. The molecule has 1 rings (SSSR count). The number of phenols is 1. The standard InChI is InChI=1S/C11H15N3O3/c1-7-5-8(3-4-9(7)15)11(16)14(2)6-10(12)13-17/h3-5,15,17H,6H2,1-2H3,(H2,12,13). The Morgan fingerprint density at radius 2 is 2.18 bits per heavy atom. The molecule has 0 unspecified atom stereocenters. The lowest BCUT2D eigenvalue weighted by Gasteiger charge is -2.16. The minimum atomic E-state index is -0.264. The van der Waals surface area contributed by atoms with Crippen LogP contribution in [0.4, 0.5) is 0 Å². The summed E-state index contributed by atoms with van der Waals surface area (Å²) in [7, 11) is 1.54. The van der Waals surface area contributed by atoms with Gasteiger partial charge in [-0.25, -0.2) is 0 Å². The lowest BCUT2D eigenvalue weighted by atomic mass is 10.1. The Kier molecular flexibility index (Phi) is 3.92. The molecule has 0 aliphatic heterocycles. The number of benzene rings is 1. The van der Waals surface area contributed by atoms with Crippen LogP contribution >= 0.6 is 0 Å². The minimum Gasteiger partial charge on any atom is -0.508 e. The van der Waals surface area contributed by atoms with Crippen LogP contribution < -0.4 is 5.73 Å². The van der Waals surface area contributed by atoms with Crippen molar-refractivity contribution in [2.24, 2.45) is 10.9 Å². The molecule has 0 spiro atoms. The molecule has 0 bridgehead atoms. The quantitative estimate of drug-likeness (QED) is 0.309. The summed E-state index contributed by atoms with van der Waals surface area (Å²) in [5.41, 5.74) is 6.37. The van der Waals surface area contributed by atoms with Crippen LogP contribution in [0.2, 0.25) is 0 Å². The Balaban J connectivity index is 2.85. The van der Waals surface area contributed by atoms with E-state index in [9.17, 15) is 9.90 Å². The Labute approximate surface area is 99.0 Å². The number of carbonyl (C=O) groups excluding carboxylic acids is 1. The molecule has 0 aromatic heterocycles. The number of amidine groups is 1. The Morgan fingerprint density at radius 1 is 1.53 bits per heavy atom. The third-order valence-electron chi connectivity index (χ3n) is 2.32. The average Bonchev–Trinajstić information content (AvgIpc) is 2.31.